The summed E-state index contributed by atoms with van der Waals surface area (Å²) in [6, 6.07) is 0. The molecule has 0 saturated heterocycles. The van der Waals surface area contributed by atoms with Crippen molar-refractivity contribution in [3.05, 3.63) is 11.6 Å². The molecule has 3 unspecified atom stereocenters. The van der Waals surface area contributed by atoms with Gasteiger partial charge < -0.3 is 0 Å². The lowest BCUT2D eigenvalue weighted by Gasteiger charge is -2.46. The molecule has 2 bridgehead atoms. The number of isothiocyanates is 1. The van der Waals surface area contributed by atoms with Crippen LogP contribution in [0.4, 0.5) is 0 Å². The molecule has 15 heavy (non-hydrogen) atoms. The van der Waals surface area contributed by atoms with Crippen molar-refractivity contribution in [2.45, 2.75) is 52.0 Å². The molecule has 1 nitrogen and oxygen atoms in total. The number of nitrogens with zero attached hydrogens (tertiary/aromatic N) is 1. The number of aliphatic imine (C=N–C) groups is 1. The highest BCUT2D eigenvalue weighted by Gasteiger charge is 2.42. The molecule has 0 aromatic carbocycles. The van der Waals surface area contributed by atoms with E-state index in [-0.39, 0.29) is 5.54 Å². The molecular formula is C13H19NS. The SMILES string of the molecule is CC1CC2=CC(C)(N=C=S)CC(C)(C2)C1. The van der Waals surface area contributed by atoms with Gasteiger partial charge in [0.1, 0.15) is 0 Å². The van der Waals surface area contributed by atoms with E-state index >= 15 is 0 Å². The van der Waals surface area contributed by atoms with Crippen molar-refractivity contribution >= 4 is 17.4 Å². The molecule has 0 N–H and O–H groups in total. The number of hydrogen-bond acceptors (Lipinski definition) is 2. The van der Waals surface area contributed by atoms with Gasteiger partial charge >= 0.3 is 0 Å². The Bertz CT molecular complexity index is 354. The summed E-state index contributed by atoms with van der Waals surface area (Å²) in [6.45, 7) is 6.93. The van der Waals surface area contributed by atoms with E-state index in [9.17, 15) is 0 Å². The van der Waals surface area contributed by atoms with Crippen LogP contribution in [0.3, 0.4) is 0 Å². The second-order valence-corrected chi connectivity index (χ2v) is 6.22. The summed E-state index contributed by atoms with van der Waals surface area (Å²) in [7, 11) is 0. The van der Waals surface area contributed by atoms with E-state index in [1.54, 1.807) is 5.57 Å². The molecule has 1 saturated carbocycles. The molecule has 0 aliphatic heterocycles. The van der Waals surface area contributed by atoms with E-state index in [2.05, 4.69) is 37.0 Å². The zero-order chi connectivity index (χ0) is 11.1. The third-order valence-corrected chi connectivity index (χ3v) is 3.80. The third kappa shape index (κ3) is 2.21. The van der Waals surface area contributed by atoms with Crippen LogP contribution in [0.5, 0.6) is 0 Å². The van der Waals surface area contributed by atoms with E-state index in [0.29, 0.717) is 5.41 Å². The maximum Gasteiger partial charge on any atom is 0.0870 e. The van der Waals surface area contributed by atoms with Gasteiger partial charge in [-0.25, -0.2) is 4.99 Å². The Hall–Kier alpha value is -0.460. The summed E-state index contributed by atoms with van der Waals surface area (Å²) in [5.74, 6) is 0.830. The molecule has 0 aromatic rings. The zero-order valence-electron chi connectivity index (χ0n) is 9.84. The Morgan fingerprint density at radius 3 is 2.87 bits per heavy atom. The predicted molar refractivity (Wildman–Crippen MR) is 67.3 cm³/mol. The van der Waals surface area contributed by atoms with Crippen molar-refractivity contribution in [2.24, 2.45) is 16.3 Å². The lowest BCUT2D eigenvalue weighted by atomic mass is 9.60. The summed E-state index contributed by atoms with van der Waals surface area (Å²) >= 11 is 4.75. The number of hydrogen-bond donors (Lipinski definition) is 0. The summed E-state index contributed by atoms with van der Waals surface area (Å²) < 4.78 is 0. The second kappa shape index (κ2) is 3.54. The molecule has 3 atom stereocenters. The monoisotopic (exact) mass is 221 g/mol. The predicted octanol–water partition coefficient (Wildman–Crippen LogP) is 4.00. The first kappa shape index (κ1) is 11.0. The Morgan fingerprint density at radius 1 is 1.53 bits per heavy atom. The highest BCUT2D eigenvalue weighted by atomic mass is 32.1. The van der Waals surface area contributed by atoms with Gasteiger partial charge in [-0.2, -0.15) is 0 Å². The topological polar surface area (TPSA) is 12.4 Å². The highest BCUT2D eigenvalue weighted by molar-refractivity contribution is 7.78. The number of allylic oxidation sites excluding steroid dienone is 1. The van der Waals surface area contributed by atoms with Crippen molar-refractivity contribution in [1.82, 2.24) is 0 Å². The largest absolute Gasteiger partial charge is 0.222 e. The Kier molecular flexibility index (Phi) is 2.60. The summed E-state index contributed by atoms with van der Waals surface area (Å²) in [5, 5.41) is 2.56. The first-order chi connectivity index (χ1) is 6.95. The first-order valence-corrected chi connectivity index (χ1v) is 6.15. The molecule has 0 amide bonds. The standard InChI is InChI=1S/C13H19NS/c1-10-4-11-6-12(2,5-10)8-13(3,7-11)14-9-15/h7,10H,4-6,8H2,1-3H3. The van der Waals surface area contributed by atoms with E-state index in [1.807, 2.05) is 0 Å². The molecule has 2 aliphatic carbocycles. The quantitative estimate of drug-likeness (QED) is 0.370. The minimum atomic E-state index is -0.0791. The molecule has 2 rings (SSSR count). The zero-order valence-corrected chi connectivity index (χ0v) is 10.7. The fraction of sp³-hybridized carbons (Fsp3) is 0.769. The fourth-order valence-corrected chi connectivity index (χ4v) is 4.04. The summed E-state index contributed by atoms with van der Waals surface area (Å²) in [6.07, 6.45) is 7.30. The molecule has 1 fully saturated rings. The lowest BCUT2D eigenvalue weighted by molar-refractivity contribution is 0.149. The van der Waals surface area contributed by atoms with E-state index in [1.165, 1.54) is 19.3 Å². The van der Waals surface area contributed by atoms with Crippen molar-refractivity contribution in [3.8, 4) is 0 Å². The van der Waals surface area contributed by atoms with E-state index < -0.39 is 0 Å². The molecule has 2 heteroatoms. The molecule has 0 spiro atoms. The Morgan fingerprint density at radius 2 is 2.27 bits per heavy atom. The average Bonchev–Trinajstić information content (AvgIpc) is 1.97. The van der Waals surface area contributed by atoms with Gasteiger partial charge in [0.15, 0.2) is 0 Å². The van der Waals surface area contributed by atoms with Crippen molar-refractivity contribution in [1.29, 1.82) is 0 Å². The highest BCUT2D eigenvalue weighted by Crippen LogP contribution is 2.51. The van der Waals surface area contributed by atoms with Crippen LogP contribution in [0.2, 0.25) is 0 Å². The molecule has 2 aliphatic rings. The van der Waals surface area contributed by atoms with Crippen molar-refractivity contribution in [2.75, 3.05) is 0 Å². The minimum absolute atomic E-state index is 0.0791. The number of fused-ring (bicyclic) bond motifs is 2. The molecule has 0 radical (unpaired) electrons. The fourth-order valence-electron chi connectivity index (χ4n) is 3.83. The van der Waals surface area contributed by atoms with E-state index in [4.69, 9.17) is 12.2 Å². The van der Waals surface area contributed by atoms with Gasteiger partial charge in [0, 0.05) is 0 Å². The van der Waals surface area contributed by atoms with Crippen molar-refractivity contribution < 1.29 is 0 Å². The maximum absolute atomic E-state index is 4.75. The van der Waals surface area contributed by atoms with Gasteiger partial charge in [-0.05, 0) is 56.2 Å². The molecule has 0 heterocycles. The Balaban J connectivity index is 2.37. The van der Waals surface area contributed by atoms with Crippen LogP contribution >= 0.6 is 12.2 Å². The van der Waals surface area contributed by atoms with Crippen LogP contribution in [-0.4, -0.2) is 10.7 Å². The van der Waals surface area contributed by atoms with Crippen LogP contribution in [-0.2, 0) is 0 Å². The second-order valence-electron chi connectivity index (χ2n) is 6.04. The van der Waals surface area contributed by atoms with Crippen LogP contribution in [0, 0.1) is 11.3 Å². The lowest BCUT2D eigenvalue weighted by Crippen LogP contribution is -2.39. The smallest absolute Gasteiger partial charge is 0.0870 e. The number of rotatable bonds is 1. The average molecular weight is 221 g/mol. The van der Waals surface area contributed by atoms with Gasteiger partial charge in [0.05, 0.1) is 10.7 Å². The number of thiocarbonyl (C=S) groups is 1. The third-order valence-electron chi connectivity index (χ3n) is 3.71. The first-order valence-electron chi connectivity index (χ1n) is 5.74. The van der Waals surface area contributed by atoms with Gasteiger partial charge in [-0.1, -0.05) is 25.5 Å². The Labute approximate surface area is 97.7 Å². The van der Waals surface area contributed by atoms with Crippen LogP contribution in [0.25, 0.3) is 0 Å². The summed E-state index contributed by atoms with van der Waals surface area (Å²) in [5.41, 5.74) is 1.94. The van der Waals surface area contributed by atoms with E-state index in [0.717, 1.165) is 12.3 Å². The molecular weight excluding hydrogens is 202 g/mol. The normalized spacial score (nSPS) is 44.2. The van der Waals surface area contributed by atoms with Crippen molar-refractivity contribution in [3.63, 3.8) is 0 Å². The van der Waals surface area contributed by atoms with Gasteiger partial charge in [-0.15, -0.1) is 0 Å². The van der Waals surface area contributed by atoms with Crippen LogP contribution in [0.15, 0.2) is 16.6 Å². The van der Waals surface area contributed by atoms with Gasteiger partial charge in [-0.3, -0.25) is 0 Å². The molecule has 82 valence electrons. The molecule has 0 aromatic heterocycles. The van der Waals surface area contributed by atoms with Crippen LogP contribution < -0.4 is 0 Å². The minimum Gasteiger partial charge on any atom is -0.222 e. The van der Waals surface area contributed by atoms with Gasteiger partial charge in [0.25, 0.3) is 0 Å². The van der Waals surface area contributed by atoms with Crippen LogP contribution in [0.1, 0.15) is 46.5 Å². The summed E-state index contributed by atoms with van der Waals surface area (Å²) in [4.78, 5) is 4.36. The van der Waals surface area contributed by atoms with Gasteiger partial charge in [0.2, 0.25) is 0 Å². The maximum atomic E-state index is 4.75.